The summed E-state index contributed by atoms with van der Waals surface area (Å²) in [6.45, 7) is 5.62. The third-order valence-corrected chi connectivity index (χ3v) is 4.59. The highest BCUT2D eigenvalue weighted by Crippen LogP contribution is 2.20. The molecule has 1 aliphatic rings. The Morgan fingerprint density at radius 1 is 1.13 bits per heavy atom. The first-order valence-electron chi connectivity index (χ1n) is 8.81. The number of likely N-dealkylation sites (tertiary alicyclic amines) is 1. The van der Waals surface area contributed by atoms with Gasteiger partial charge in [0.2, 0.25) is 11.8 Å². The third kappa shape index (κ3) is 5.08. The van der Waals surface area contributed by atoms with Crippen molar-refractivity contribution in [3.8, 4) is 0 Å². The van der Waals surface area contributed by atoms with E-state index >= 15 is 0 Å². The topological polar surface area (TPSA) is 49.4 Å². The Balaban J connectivity index is 1.79. The van der Waals surface area contributed by atoms with Gasteiger partial charge in [-0.2, -0.15) is 0 Å². The molecule has 2 rings (SSSR count). The van der Waals surface area contributed by atoms with Gasteiger partial charge in [0.1, 0.15) is 0 Å². The number of nitrogens with zero attached hydrogens (tertiary/aromatic N) is 1. The second-order valence-electron chi connectivity index (χ2n) is 6.30. The second kappa shape index (κ2) is 8.70. The molecular formula is C19H28N2O2. The predicted octanol–water partition coefficient (Wildman–Crippen LogP) is 3.62. The van der Waals surface area contributed by atoms with Crippen LogP contribution in [-0.2, 0) is 16.0 Å². The summed E-state index contributed by atoms with van der Waals surface area (Å²) in [5.41, 5.74) is 2.12. The zero-order valence-corrected chi connectivity index (χ0v) is 14.3. The second-order valence-corrected chi connectivity index (χ2v) is 6.30. The molecule has 0 bridgehead atoms. The van der Waals surface area contributed by atoms with Gasteiger partial charge in [-0.15, -0.1) is 0 Å². The summed E-state index contributed by atoms with van der Waals surface area (Å²) < 4.78 is 0. The lowest BCUT2D eigenvalue weighted by Gasteiger charge is -2.31. The molecule has 23 heavy (non-hydrogen) atoms. The first-order valence-corrected chi connectivity index (χ1v) is 8.81. The number of carbonyl (C=O) groups excluding carboxylic acids is 2. The van der Waals surface area contributed by atoms with Crippen LogP contribution in [0.3, 0.4) is 0 Å². The SMILES string of the molecule is CCCCC(=O)N1CCC(C(=O)Nc2ccc(CC)cc2)CC1. The molecule has 1 aliphatic heterocycles. The van der Waals surface area contributed by atoms with Gasteiger partial charge in [-0.25, -0.2) is 0 Å². The fourth-order valence-electron chi connectivity index (χ4n) is 2.95. The number of hydrogen-bond acceptors (Lipinski definition) is 2. The number of rotatable bonds is 6. The normalized spacial score (nSPS) is 15.5. The van der Waals surface area contributed by atoms with Gasteiger partial charge < -0.3 is 10.2 Å². The smallest absolute Gasteiger partial charge is 0.227 e. The first kappa shape index (κ1) is 17.5. The van der Waals surface area contributed by atoms with Gasteiger partial charge in [0.15, 0.2) is 0 Å². The van der Waals surface area contributed by atoms with Gasteiger partial charge in [0, 0.05) is 31.1 Å². The van der Waals surface area contributed by atoms with Gasteiger partial charge in [-0.1, -0.05) is 32.4 Å². The number of nitrogens with one attached hydrogen (secondary N) is 1. The van der Waals surface area contributed by atoms with E-state index in [-0.39, 0.29) is 17.7 Å². The number of aryl methyl sites for hydroxylation is 1. The number of unbranched alkanes of at least 4 members (excludes halogenated alkanes) is 1. The van der Waals surface area contributed by atoms with E-state index in [4.69, 9.17) is 0 Å². The quantitative estimate of drug-likeness (QED) is 0.871. The maximum atomic E-state index is 12.4. The molecule has 4 nitrogen and oxygen atoms in total. The van der Waals surface area contributed by atoms with Gasteiger partial charge in [-0.05, 0) is 43.4 Å². The lowest BCUT2D eigenvalue weighted by molar-refractivity contribution is -0.134. The van der Waals surface area contributed by atoms with Crippen LogP contribution >= 0.6 is 0 Å². The molecule has 1 fully saturated rings. The van der Waals surface area contributed by atoms with Crippen molar-refractivity contribution in [2.45, 2.75) is 52.4 Å². The molecule has 0 saturated carbocycles. The van der Waals surface area contributed by atoms with E-state index in [0.717, 1.165) is 37.8 Å². The highest BCUT2D eigenvalue weighted by Gasteiger charge is 2.26. The maximum Gasteiger partial charge on any atom is 0.227 e. The number of anilines is 1. The number of benzene rings is 1. The summed E-state index contributed by atoms with van der Waals surface area (Å²) in [4.78, 5) is 26.3. The van der Waals surface area contributed by atoms with Crippen molar-refractivity contribution in [1.29, 1.82) is 0 Å². The van der Waals surface area contributed by atoms with Crippen LogP contribution in [0.2, 0.25) is 0 Å². The lowest BCUT2D eigenvalue weighted by Crippen LogP contribution is -2.41. The molecule has 0 aromatic heterocycles. The number of piperidine rings is 1. The van der Waals surface area contributed by atoms with Crippen LogP contribution in [0.4, 0.5) is 5.69 Å². The van der Waals surface area contributed by atoms with Crippen LogP contribution in [0.25, 0.3) is 0 Å². The van der Waals surface area contributed by atoms with E-state index in [9.17, 15) is 9.59 Å². The van der Waals surface area contributed by atoms with Crippen molar-refractivity contribution in [1.82, 2.24) is 4.90 Å². The molecule has 1 saturated heterocycles. The van der Waals surface area contributed by atoms with E-state index < -0.39 is 0 Å². The molecule has 2 amide bonds. The van der Waals surface area contributed by atoms with E-state index in [1.165, 1.54) is 5.56 Å². The van der Waals surface area contributed by atoms with Crippen LogP contribution in [0.5, 0.6) is 0 Å². The Kier molecular flexibility index (Phi) is 6.63. The van der Waals surface area contributed by atoms with Crippen LogP contribution in [0, 0.1) is 5.92 Å². The maximum absolute atomic E-state index is 12.4. The molecule has 0 atom stereocenters. The zero-order chi connectivity index (χ0) is 16.7. The molecule has 1 aromatic rings. The lowest BCUT2D eigenvalue weighted by atomic mass is 9.95. The molecular weight excluding hydrogens is 288 g/mol. The highest BCUT2D eigenvalue weighted by molar-refractivity contribution is 5.92. The van der Waals surface area contributed by atoms with E-state index in [0.29, 0.717) is 19.5 Å². The molecule has 4 heteroatoms. The van der Waals surface area contributed by atoms with Crippen molar-refractivity contribution in [3.05, 3.63) is 29.8 Å². The van der Waals surface area contributed by atoms with E-state index in [1.54, 1.807) is 0 Å². The van der Waals surface area contributed by atoms with Gasteiger partial charge in [0.05, 0.1) is 0 Å². The van der Waals surface area contributed by atoms with Gasteiger partial charge >= 0.3 is 0 Å². The number of carbonyl (C=O) groups is 2. The average Bonchev–Trinajstić information content (AvgIpc) is 2.60. The number of amides is 2. The largest absolute Gasteiger partial charge is 0.343 e. The minimum atomic E-state index is 0.0103. The van der Waals surface area contributed by atoms with Gasteiger partial charge in [-0.3, -0.25) is 9.59 Å². The Labute approximate surface area is 139 Å². The summed E-state index contributed by atoms with van der Waals surface area (Å²) in [7, 11) is 0. The summed E-state index contributed by atoms with van der Waals surface area (Å²) in [5, 5.41) is 3.00. The zero-order valence-electron chi connectivity index (χ0n) is 14.3. The molecule has 0 spiro atoms. The Morgan fingerprint density at radius 3 is 2.35 bits per heavy atom. The van der Waals surface area contributed by atoms with Crippen molar-refractivity contribution in [2.24, 2.45) is 5.92 Å². The fourth-order valence-corrected chi connectivity index (χ4v) is 2.95. The molecule has 1 heterocycles. The molecule has 1 N–H and O–H groups in total. The van der Waals surface area contributed by atoms with E-state index in [1.807, 2.05) is 29.2 Å². The highest BCUT2D eigenvalue weighted by atomic mass is 16.2. The van der Waals surface area contributed by atoms with Crippen molar-refractivity contribution in [2.75, 3.05) is 18.4 Å². The Bertz CT molecular complexity index is 517. The monoisotopic (exact) mass is 316 g/mol. The summed E-state index contributed by atoms with van der Waals surface area (Å²) in [6.07, 6.45) is 5.15. The van der Waals surface area contributed by atoms with Crippen LogP contribution in [-0.4, -0.2) is 29.8 Å². The number of hydrogen-bond donors (Lipinski definition) is 1. The van der Waals surface area contributed by atoms with Crippen molar-refractivity contribution in [3.63, 3.8) is 0 Å². The third-order valence-electron chi connectivity index (χ3n) is 4.59. The van der Waals surface area contributed by atoms with Gasteiger partial charge in [0.25, 0.3) is 0 Å². The average molecular weight is 316 g/mol. The molecule has 0 aliphatic carbocycles. The fraction of sp³-hybridized carbons (Fsp3) is 0.579. The minimum Gasteiger partial charge on any atom is -0.343 e. The Hall–Kier alpha value is -1.84. The van der Waals surface area contributed by atoms with Crippen molar-refractivity contribution >= 4 is 17.5 Å². The van der Waals surface area contributed by atoms with Crippen LogP contribution in [0.1, 0.15) is 51.5 Å². The molecule has 126 valence electrons. The standard InChI is InChI=1S/C19H28N2O2/c1-3-5-6-18(22)21-13-11-16(12-14-21)19(23)20-17-9-7-15(4-2)8-10-17/h7-10,16H,3-6,11-14H2,1-2H3,(H,20,23). The molecule has 0 radical (unpaired) electrons. The Morgan fingerprint density at radius 2 is 1.78 bits per heavy atom. The van der Waals surface area contributed by atoms with E-state index in [2.05, 4.69) is 19.2 Å². The van der Waals surface area contributed by atoms with Crippen molar-refractivity contribution < 1.29 is 9.59 Å². The first-order chi connectivity index (χ1) is 11.1. The summed E-state index contributed by atoms with van der Waals surface area (Å²) >= 11 is 0. The minimum absolute atomic E-state index is 0.0103. The molecule has 1 aromatic carbocycles. The summed E-state index contributed by atoms with van der Waals surface area (Å²) in [5.74, 6) is 0.326. The predicted molar refractivity (Wildman–Crippen MR) is 93.3 cm³/mol. The van der Waals surface area contributed by atoms with Crippen LogP contribution in [0.15, 0.2) is 24.3 Å². The van der Waals surface area contributed by atoms with Crippen LogP contribution < -0.4 is 5.32 Å². The molecule has 0 unspecified atom stereocenters. The summed E-state index contributed by atoms with van der Waals surface area (Å²) in [6, 6.07) is 8.01.